The summed E-state index contributed by atoms with van der Waals surface area (Å²) < 4.78 is 6.01. The van der Waals surface area contributed by atoms with Gasteiger partial charge in [0.25, 0.3) is 0 Å². The van der Waals surface area contributed by atoms with Crippen LogP contribution in [0.4, 0.5) is 11.5 Å². The van der Waals surface area contributed by atoms with Gasteiger partial charge < -0.3 is 9.64 Å². The van der Waals surface area contributed by atoms with E-state index < -0.39 is 0 Å². The van der Waals surface area contributed by atoms with E-state index in [-0.39, 0.29) is 0 Å². The fourth-order valence-corrected chi connectivity index (χ4v) is 3.23. The van der Waals surface area contributed by atoms with E-state index in [1.165, 1.54) is 0 Å². The SMILES string of the molecule is C=C(NO)c1ccc(Oc2cccc(N(C)c3nc(C)nc4ccccc34)c2)cc1. The molecule has 0 fully saturated rings. The van der Waals surface area contributed by atoms with Crippen molar-refractivity contribution >= 4 is 28.1 Å². The topological polar surface area (TPSA) is 70.5 Å². The number of hydrogen-bond acceptors (Lipinski definition) is 6. The van der Waals surface area contributed by atoms with Crippen LogP contribution in [-0.4, -0.2) is 22.2 Å². The number of anilines is 2. The number of aryl methyl sites for hydroxylation is 1. The Bertz CT molecular complexity index is 1210. The van der Waals surface area contributed by atoms with Gasteiger partial charge in [-0.05, 0) is 61.0 Å². The summed E-state index contributed by atoms with van der Waals surface area (Å²) in [4.78, 5) is 11.2. The summed E-state index contributed by atoms with van der Waals surface area (Å²) in [5.74, 6) is 2.96. The Morgan fingerprint density at radius 3 is 2.50 bits per heavy atom. The van der Waals surface area contributed by atoms with Gasteiger partial charge in [0.2, 0.25) is 0 Å². The number of benzene rings is 3. The molecule has 0 amide bonds. The number of hydrogen-bond donors (Lipinski definition) is 2. The first-order valence-electron chi connectivity index (χ1n) is 9.49. The minimum atomic E-state index is 0.428. The zero-order valence-electron chi connectivity index (χ0n) is 16.8. The van der Waals surface area contributed by atoms with Crippen LogP contribution in [0, 0.1) is 6.92 Å². The molecular formula is C24H22N4O2. The van der Waals surface area contributed by atoms with Crippen LogP contribution in [0.1, 0.15) is 11.4 Å². The molecule has 6 heteroatoms. The molecule has 0 saturated carbocycles. The Morgan fingerprint density at radius 2 is 1.73 bits per heavy atom. The molecule has 1 heterocycles. The molecule has 0 bridgehead atoms. The second kappa shape index (κ2) is 8.23. The zero-order valence-corrected chi connectivity index (χ0v) is 16.8. The van der Waals surface area contributed by atoms with Crippen molar-refractivity contribution in [3.63, 3.8) is 0 Å². The van der Waals surface area contributed by atoms with Crippen molar-refractivity contribution < 1.29 is 9.94 Å². The van der Waals surface area contributed by atoms with Gasteiger partial charge in [0, 0.05) is 24.2 Å². The number of rotatable bonds is 6. The molecule has 30 heavy (non-hydrogen) atoms. The van der Waals surface area contributed by atoms with Gasteiger partial charge in [-0.3, -0.25) is 10.7 Å². The van der Waals surface area contributed by atoms with E-state index in [1.54, 1.807) is 0 Å². The van der Waals surface area contributed by atoms with Gasteiger partial charge in [0.15, 0.2) is 0 Å². The number of fused-ring (bicyclic) bond motifs is 1. The van der Waals surface area contributed by atoms with E-state index in [1.807, 2.05) is 91.7 Å². The van der Waals surface area contributed by atoms with Crippen molar-refractivity contribution in [3.8, 4) is 11.5 Å². The first kappa shape index (κ1) is 19.4. The van der Waals surface area contributed by atoms with Crippen LogP contribution < -0.4 is 15.1 Å². The predicted octanol–water partition coefficient (Wildman–Crippen LogP) is 5.45. The summed E-state index contributed by atoms with van der Waals surface area (Å²) in [5, 5.41) is 9.95. The molecule has 0 aliphatic carbocycles. The standard InChI is InChI=1S/C24H22N4O2/c1-16(27-29)18-11-13-20(14-12-18)30-21-8-6-7-19(15-21)28(3)24-22-9-4-5-10-23(22)25-17(2)26-24/h4-15,27,29H,1H2,2-3H3. The number of nitrogens with zero attached hydrogens (tertiary/aromatic N) is 3. The summed E-state index contributed by atoms with van der Waals surface area (Å²) in [6, 6.07) is 23.1. The predicted molar refractivity (Wildman–Crippen MR) is 119 cm³/mol. The molecule has 0 spiro atoms. The lowest BCUT2D eigenvalue weighted by Gasteiger charge is -2.21. The van der Waals surface area contributed by atoms with Gasteiger partial charge in [0.1, 0.15) is 23.1 Å². The Kier molecular flexibility index (Phi) is 5.32. The number of hydroxylamine groups is 1. The fourth-order valence-electron chi connectivity index (χ4n) is 3.23. The maximum Gasteiger partial charge on any atom is 0.144 e. The Labute approximate surface area is 175 Å². The van der Waals surface area contributed by atoms with Crippen LogP contribution in [-0.2, 0) is 0 Å². The summed E-state index contributed by atoms with van der Waals surface area (Å²) in [5.41, 5.74) is 5.13. The summed E-state index contributed by atoms with van der Waals surface area (Å²) >= 11 is 0. The van der Waals surface area contributed by atoms with Crippen LogP contribution in [0.5, 0.6) is 11.5 Å². The van der Waals surface area contributed by atoms with Crippen molar-refractivity contribution in [2.45, 2.75) is 6.92 Å². The average molecular weight is 398 g/mol. The maximum absolute atomic E-state index is 8.96. The fraction of sp³-hybridized carbons (Fsp3) is 0.0833. The van der Waals surface area contributed by atoms with E-state index in [9.17, 15) is 0 Å². The minimum absolute atomic E-state index is 0.428. The largest absolute Gasteiger partial charge is 0.457 e. The summed E-state index contributed by atoms with van der Waals surface area (Å²) in [6.45, 7) is 5.62. The quantitative estimate of drug-likeness (QED) is 0.421. The molecule has 0 atom stereocenters. The lowest BCUT2D eigenvalue weighted by molar-refractivity contribution is 0.225. The molecular weight excluding hydrogens is 376 g/mol. The number of para-hydroxylation sites is 1. The highest BCUT2D eigenvalue weighted by molar-refractivity contribution is 5.91. The van der Waals surface area contributed by atoms with Crippen LogP contribution in [0.25, 0.3) is 16.6 Å². The van der Waals surface area contributed by atoms with Crippen molar-refractivity contribution in [1.82, 2.24) is 15.4 Å². The molecule has 0 unspecified atom stereocenters. The highest BCUT2D eigenvalue weighted by Crippen LogP contribution is 2.32. The molecule has 6 nitrogen and oxygen atoms in total. The molecule has 150 valence electrons. The summed E-state index contributed by atoms with van der Waals surface area (Å²) in [6.07, 6.45) is 0. The Balaban J connectivity index is 1.62. The Morgan fingerprint density at radius 1 is 0.967 bits per heavy atom. The first-order chi connectivity index (χ1) is 14.5. The van der Waals surface area contributed by atoms with Crippen molar-refractivity contribution in [1.29, 1.82) is 0 Å². The third-order valence-corrected chi connectivity index (χ3v) is 4.79. The molecule has 0 saturated heterocycles. The zero-order chi connectivity index (χ0) is 21.1. The van der Waals surface area contributed by atoms with Crippen molar-refractivity contribution in [2.24, 2.45) is 0 Å². The Hall–Kier alpha value is -3.90. The third kappa shape index (κ3) is 3.94. The third-order valence-electron chi connectivity index (χ3n) is 4.79. The van der Waals surface area contributed by atoms with E-state index in [0.29, 0.717) is 17.2 Å². The molecule has 0 radical (unpaired) electrons. The van der Waals surface area contributed by atoms with E-state index >= 15 is 0 Å². The van der Waals surface area contributed by atoms with E-state index in [4.69, 9.17) is 9.94 Å². The van der Waals surface area contributed by atoms with Crippen LogP contribution in [0.2, 0.25) is 0 Å². The average Bonchev–Trinajstić information content (AvgIpc) is 2.78. The lowest BCUT2D eigenvalue weighted by Crippen LogP contribution is -2.13. The van der Waals surface area contributed by atoms with Crippen LogP contribution in [0.15, 0.2) is 79.4 Å². The molecule has 0 aliphatic rings. The van der Waals surface area contributed by atoms with Gasteiger partial charge in [-0.15, -0.1) is 0 Å². The van der Waals surface area contributed by atoms with Gasteiger partial charge in [-0.2, -0.15) is 0 Å². The lowest BCUT2D eigenvalue weighted by atomic mass is 10.2. The first-order valence-corrected chi connectivity index (χ1v) is 9.49. The minimum Gasteiger partial charge on any atom is -0.457 e. The maximum atomic E-state index is 8.96. The summed E-state index contributed by atoms with van der Waals surface area (Å²) in [7, 11) is 1.98. The smallest absolute Gasteiger partial charge is 0.144 e. The van der Waals surface area contributed by atoms with Gasteiger partial charge in [-0.25, -0.2) is 9.97 Å². The second-order valence-corrected chi connectivity index (χ2v) is 6.88. The molecule has 4 rings (SSSR count). The van der Waals surface area contributed by atoms with Gasteiger partial charge in [0.05, 0.1) is 11.2 Å². The van der Waals surface area contributed by atoms with Gasteiger partial charge in [-0.1, -0.05) is 24.8 Å². The molecule has 1 aromatic heterocycles. The van der Waals surface area contributed by atoms with Crippen LogP contribution >= 0.6 is 0 Å². The van der Waals surface area contributed by atoms with Crippen molar-refractivity contribution in [3.05, 3.63) is 90.8 Å². The molecule has 0 aliphatic heterocycles. The van der Waals surface area contributed by atoms with Crippen LogP contribution in [0.3, 0.4) is 0 Å². The number of nitrogens with one attached hydrogen (secondary N) is 1. The molecule has 3 aromatic carbocycles. The molecule has 4 aromatic rings. The van der Waals surface area contributed by atoms with E-state index in [2.05, 4.69) is 22.0 Å². The second-order valence-electron chi connectivity index (χ2n) is 6.88. The number of aromatic nitrogens is 2. The monoisotopic (exact) mass is 398 g/mol. The van der Waals surface area contributed by atoms with Gasteiger partial charge >= 0.3 is 0 Å². The number of ether oxygens (including phenoxy) is 1. The van der Waals surface area contributed by atoms with E-state index in [0.717, 1.165) is 33.8 Å². The van der Waals surface area contributed by atoms with Crippen molar-refractivity contribution in [2.75, 3.05) is 11.9 Å². The normalized spacial score (nSPS) is 10.6. The molecule has 2 N–H and O–H groups in total. The highest BCUT2D eigenvalue weighted by Gasteiger charge is 2.12. The highest BCUT2D eigenvalue weighted by atomic mass is 16.5.